The highest BCUT2D eigenvalue weighted by atomic mass is 16.6. The van der Waals surface area contributed by atoms with Gasteiger partial charge in [-0.1, -0.05) is 25.1 Å². The summed E-state index contributed by atoms with van der Waals surface area (Å²) in [5.74, 6) is -3.32. The summed E-state index contributed by atoms with van der Waals surface area (Å²) in [5, 5.41) is 47.3. The van der Waals surface area contributed by atoms with Gasteiger partial charge in [-0.25, -0.2) is 4.79 Å². The van der Waals surface area contributed by atoms with E-state index in [-0.39, 0.29) is 30.6 Å². The molecule has 4 N–H and O–H groups in total. The summed E-state index contributed by atoms with van der Waals surface area (Å²) in [7, 11) is 0. The maximum atomic E-state index is 13.6. The largest absolute Gasteiger partial charge is 0.461 e. The molecule has 1 saturated heterocycles. The Kier molecular flexibility index (Phi) is 7.38. The van der Waals surface area contributed by atoms with Crippen LogP contribution in [0.25, 0.3) is 0 Å². The maximum absolute atomic E-state index is 13.6. The van der Waals surface area contributed by atoms with Gasteiger partial charge in [0.1, 0.15) is 24.4 Å². The first-order valence-corrected chi connectivity index (χ1v) is 14.2. The molecule has 4 aliphatic rings. The van der Waals surface area contributed by atoms with Crippen molar-refractivity contribution in [1.29, 1.82) is 0 Å². The van der Waals surface area contributed by atoms with Crippen molar-refractivity contribution in [3.8, 4) is 0 Å². The van der Waals surface area contributed by atoms with E-state index in [0.717, 1.165) is 0 Å². The van der Waals surface area contributed by atoms with Crippen LogP contribution in [0.1, 0.15) is 64.7 Å². The molecular formula is C31H40O11. The van der Waals surface area contributed by atoms with Crippen molar-refractivity contribution in [3.63, 3.8) is 0 Å². The van der Waals surface area contributed by atoms with Crippen LogP contribution < -0.4 is 0 Å². The molecule has 10 atom stereocenters. The molecule has 0 spiro atoms. The number of carbonyl (C=O) groups excluding carboxylic acids is 3. The lowest BCUT2D eigenvalue weighted by atomic mass is 9.49. The summed E-state index contributed by atoms with van der Waals surface area (Å²) in [4.78, 5) is 39.0. The van der Waals surface area contributed by atoms with Gasteiger partial charge in [-0.05, 0) is 50.5 Å². The van der Waals surface area contributed by atoms with Crippen molar-refractivity contribution < 1.29 is 53.8 Å². The Morgan fingerprint density at radius 2 is 1.64 bits per heavy atom. The van der Waals surface area contributed by atoms with E-state index in [2.05, 4.69) is 0 Å². The molecule has 0 bridgehead atoms. The second kappa shape index (κ2) is 10.1. The Hall–Kier alpha value is -2.83. The van der Waals surface area contributed by atoms with Crippen molar-refractivity contribution in [1.82, 2.24) is 0 Å². The SMILES string of the molecule is CC(=O)O[C@H]1[C@@H]2[C@]3(OC(C)=O)CO[C@@H]3C[C@H](O)[C@@]2(C)[C@@H](OC(=O)c2ccccc2)[C@H](O)C2=C(C)[C@@H](O)C[C@]21C(C)(C)O. The molecule has 11 nitrogen and oxygen atoms in total. The van der Waals surface area contributed by atoms with Crippen molar-refractivity contribution in [3.05, 3.63) is 47.0 Å². The lowest BCUT2D eigenvalue weighted by Crippen LogP contribution is -2.79. The van der Waals surface area contributed by atoms with Gasteiger partial charge in [0.15, 0.2) is 5.60 Å². The van der Waals surface area contributed by atoms with Crippen LogP contribution in [0.3, 0.4) is 0 Å². The Bertz CT molecular complexity index is 1300. The third kappa shape index (κ3) is 4.16. The van der Waals surface area contributed by atoms with Crippen LogP contribution in [0.5, 0.6) is 0 Å². The summed E-state index contributed by atoms with van der Waals surface area (Å²) in [6.07, 6.45) is -7.97. The van der Waals surface area contributed by atoms with Crippen molar-refractivity contribution >= 4 is 17.9 Å². The highest BCUT2D eigenvalue weighted by Gasteiger charge is 2.79. The van der Waals surface area contributed by atoms with Gasteiger partial charge >= 0.3 is 17.9 Å². The second-order valence-corrected chi connectivity index (χ2v) is 13.0. The number of benzene rings is 1. The molecule has 5 rings (SSSR count). The molecule has 42 heavy (non-hydrogen) atoms. The second-order valence-electron chi connectivity index (χ2n) is 13.0. The van der Waals surface area contributed by atoms with E-state index in [1.54, 1.807) is 44.2 Å². The molecular weight excluding hydrogens is 548 g/mol. The number of carbonyl (C=O) groups is 3. The number of aliphatic hydroxyl groups is 4. The quantitative estimate of drug-likeness (QED) is 0.223. The molecule has 3 fully saturated rings. The molecule has 1 aromatic rings. The van der Waals surface area contributed by atoms with Gasteiger partial charge in [-0.15, -0.1) is 0 Å². The molecule has 11 heteroatoms. The Morgan fingerprint density at radius 3 is 2.17 bits per heavy atom. The van der Waals surface area contributed by atoms with E-state index in [4.69, 9.17) is 18.9 Å². The minimum atomic E-state index is -1.75. The molecule has 2 saturated carbocycles. The smallest absolute Gasteiger partial charge is 0.338 e. The van der Waals surface area contributed by atoms with E-state index in [9.17, 15) is 34.8 Å². The number of rotatable bonds is 5. The fraction of sp³-hybridized carbons (Fsp3) is 0.645. The first kappa shape index (κ1) is 30.6. The lowest BCUT2D eigenvalue weighted by molar-refractivity contribution is -0.351. The van der Waals surface area contributed by atoms with E-state index < -0.39 is 82.5 Å². The van der Waals surface area contributed by atoms with Gasteiger partial charge in [0.2, 0.25) is 0 Å². The van der Waals surface area contributed by atoms with Gasteiger partial charge in [0.25, 0.3) is 0 Å². The third-order valence-corrected chi connectivity index (χ3v) is 10.3. The van der Waals surface area contributed by atoms with Gasteiger partial charge in [0, 0.05) is 25.7 Å². The van der Waals surface area contributed by atoms with Gasteiger partial charge in [-0.3, -0.25) is 9.59 Å². The van der Waals surface area contributed by atoms with E-state index >= 15 is 0 Å². The summed E-state index contributed by atoms with van der Waals surface area (Å²) < 4.78 is 24.0. The minimum Gasteiger partial charge on any atom is -0.461 e. The van der Waals surface area contributed by atoms with Crippen LogP contribution in [0, 0.1) is 16.7 Å². The third-order valence-electron chi connectivity index (χ3n) is 10.3. The zero-order chi connectivity index (χ0) is 31.0. The van der Waals surface area contributed by atoms with Crippen molar-refractivity contribution in [2.75, 3.05) is 6.61 Å². The fourth-order valence-corrected chi connectivity index (χ4v) is 8.35. The summed E-state index contributed by atoms with van der Waals surface area (Å²) in [6.45, 7) is 8.48. The monoisotopic (exact) mass is 588 g/mol. The predicted molar refractivity (Wildman–Crippen MR) is 146 cm³/mol. The molecule has 0 amide bonds. The van der Waals surface area contributed by atoms with E-state index in [0.29, 0.717) is 5.57 Å². The van der Waals surface area contributed by atoms with Crippen LogP contribution in [0.15, 0.2) is 41.5 Å². The Morgan fingerprint density at radius 1 is 1.00 bits per heavy atom. The fourth-order valence-electron chi connectivity index (χ4n) is 8.35. The molecule has 0 radical (unpaired) electrons. The minimum absolute atomic E-state index is 0.0324. The summed E-state index contributed by atoms with van der Waals surface area (Å²) >= 11 is 0. The van der Waals surface area contributed by atoms with E-state index in [1.165, 1.54) is 27.7 Å². The summed E-state index contributed by atoms with van der Waals surface area (Å²) in [6, 6.07) is 8.13. The van der Waals surface area contributed by atoms with E-state index in [1.807, 2.05) is 0 Å². The number of hydrogen-bond acceptors (Lipinski definition) is 11. The number of esters is 3. The first-order chi connectivity index (χ1) is 19.5. The highest BCUT2D eigenvalue weighted by molar-refractivity contribution is 5.89. The maximum Gasteiger partial charge on any atom is 0.338 e. The first-order valence-electron chi connectivity index (χ1n) is 14.2. The average molecular weight is 589 g/mol. The number of ether oxygens (including phenoxy) is 4. The molecule has 1 aromatic carbocycles. The predicted octanol–water partition coefficient (Wildman–Crippen LogP) is 1.44. The van der Waals surface area contributed by atoms with Crippen LogP contribution in [-0.2, 0) is 28.5 Å². The van der Waals surface area contributed by atoms with Crippen LogP contribution in [-0.4, -0.2) is 92.8 Å². The molecule has 0 aromatic heterocycles. The number of fused-ring (bicyclic) bond motifs is 4. The molecule has 230 valence electrons. The summed E-state index contributed by atoms with van der Waals surface area (Å²) in [5.41, 5.74) is -5.82. The standard InChI is InChI=1S/C31H40O11/c1-15-19(34)13-30(28(4,5)38)22(15)23(36)25(41-27(37)18-10-8-7-9-11-18)29(6)20(35)12-21-31(14-39-21,42-17(3)33)24(29)26(30)40-16(2)32/h7-11,19-21,23-26,34-36,38H,12-14H2,1-6H3/t19-,20-,21+,23+,24-,25-,26-,29+,30-,31-/m0/s1. The zero-order valence-electron chi connectivity index (χ0n) is 24.7. The van der Waals surface area contributed by atoms with Crippen LogP contribution in [0.4, 0.5) is 0 Å². The Balaban J connectivity index is 1.84. The molecule has 1 aliphatic heterocycles. The van der Waals surface area contributed by atoms with Gasteiger partial charge in [0.05, 0.1) is 41.3 Å². The normalized spacial score (nSPS) is 41.0. The number of aliphatic hydroxyl groups excluding tert-OH is 3. The zero-order valence-corrected chi connectivity index (χ0v) is 24.7. The van der Waals surface area contributed by atoms with Crippen molar-refractivity contribution in [2.24, 2.45) is 16.7 Å². The van der Waals surface area contributed by atoms with Crippen LogP contribution >= 0.6 is 0 Å². The molecule has 1 heterocycles. The molecule has 3 aliphatic carbocycles. The highest BCUT2D eigenvalue weighted by Crippen LogP contribution is 2.68. The number of hydrogen-bond donors (Lipinski definition) is 4. The topological polar surface area (TPSA) is 169 Å². The molecule has 0 unspecified atom stereocenters. The lowest BCUT2D eigenvalue weighted by Gasteiger charge is -2.65. The van der Waals surface area contributed by atoms with Crippen LogP contribution in [0.2, 0.25) is 0 Å². The van der Waals surface area contributed by atoms with Gasteiger partial charge in [-0.2, -0.15) is 0 Å². The Labute approximate surface area is 244 Å². The van der Waals surface area contributed by atoms with Gasteiger partial charge < -0.3 is 39.4 Å². The average Bonchev–Trinajstić information content (AvgIpc) is 3.14. The van der Waals surface area contributed by atoms with Crippen molar-refractivity contribution in [2.45, 2.75) is 102 Å².